The van der Waals surface area contributed by atoms with Crippen molar-refractivity contribution in [3.63, 3.8) is 0 Å². The number of esters is 1. The summed E-state index contributed by atoms with van der Waals surface area (Å²) >= 11 is 3.81. The maximum atomic E-state index is 10.7. The topological polar surface area (TPSA) is 26.3 Å². The molecule has 0 bridgehead atoms. The van der Waals surface area contributed by atoms with Gasteiger partial charge in [-0.1, -0.05) is 60.3 Å². The molecule has 0 aromatic rings. The number of hydrogen-bond acceptors (Lipinski definition) is 5. The van der Waals surface area contributed by atoms with Crippen LogP contribution in [0.15, 0.2) is 11.0 Å². The first kappa shape index (κ1) is 20.3. The Labute approximate surface area is 137 Å². The molecule has 1 aliphatic heterocycles. The highest BCUT2D eigenvalue weighted by Crippen LogP contribution is 2.39. The van der Waals surface area contributed by atoms with Crippen LogP contribution in [0.3, 0.4) is 0 Å². The van der Waals surface area contributed by atoms with Crippen LogP contribution < -0.4 is 0 Å². The van der Waals surface area contributed by atoms with Gasteiger partial charge in [-0.2, -0.15) is 12.6 Å². The van der Waals surface area contributed by atoms with Crippen LogP contribution in [0.2, 0.25) is 0 Å². The number of unbranched alkanes of at least 4 members (excludes halogenated alkanes) is 2. The minimum atomic E-state index is -0.216. The van der Waals surface area contributed by atoms with Gasteiger partial charge in [-0.25, -0.2) is 0 Å². The molecule has 20 heavy (non-hydrogen) atoms. The zero-order valence-electron chi connectivity index (χ0n) is 13.1. The van der Waals surface area contributed by atoms with Crippen molar-refractivity contribution >= 4 is 40.2 Å². The maximum Gasteiger partial charge on any atom is 0.315 e. The quantitative estimate of drug-likeness (QED) is 0.293. The number of carbonyl (C=O) groups excluding carboxylic acids is 1. The summed E-state index contributed by atoms with van der Waals surface area (Å²) in [5.74, 6) is 0.749. The largest absolute Gasteiger partial charge is 0.465 e. The van der Waals surface area contributed by atoms with Gasteiger partial charge in [-0.3, -0.25) is 4.79 Å². The lowest BCUT2D eigenvalue weighted by molar-refractivity contribution is -0.140. The van der Waals surface area contributed by atoms with Gasteiger partial charge in [-0.05, 0) is 31.6 Å². The van der Waals surface area contributed by atoms with Gasteiger partial charge in [0, 0.05) is 5.25 Å². The molecule has 0 saturated heterocycles. The van der Waals surface area contributed by atoms with Crippen molar-refractivity contribution < 1.29 is 9.53 Å². The van der Waals surface area contributed by atoms with E-state index in [1.165, 1.54) is 18.4 Å². The van der Waals surface area contributed by atoms with Gasteiger partial charge in [0.2, 0.25) is 0 Å². The van der Waals surface area contributed by atoms with Crippen LogP contribution in [-0.4, -0.2) is 23.6 Å². The lowest BCUT2D eigenvalue weighted by atomic mass is 10.1. The van der Waals surface area contributed by atoms with E-state index in [0.29, 0.717) is 6.61 Å². The summed E-state index contributed by atoms with van der Waals surface area (Å²) in [6, 6.07) is 0. The molecule has 0 N–H and O–H groups in total. The zero-order chi connectivity index (χ0) is 15.4. The van der Waals surface area contributed by atoms with Gasteiger partial charge in [-0.15, -0.1) is 0 Å². The summed E-state index contributed by atoms with van der Waals surface area (Å²) in [5.41, 5.74) is 1.51. The third kappa shape index (κ3) is 12.0. The third-order valence-electron chi connectivity index (χ3n) is 2.89. The Morgan fingerprint density at radius 1 is 1.40 bits per heavy atom. The Hall–Kier alpha value is 0.260. The van der Waals surface area contributed by atoms with Crippen LogP contribution in [0.5, 0.6) is 0 Å². The fourth-order valence-corrected chi connectivity index (χ4v) is 3.97. The highest BCUT2D eigenvalue weighted by Gasteiger charge is 2.09. The molecule has 0 aliphatic carbocycles. The van der Waals surface area contributed by atoms with Crippen molar-refractivity contribution in [3.8, 4) is 0 Å². The van der Waals surface area contributed by atoms with Crippen LogP contribution in [-0.2, 0) is 9.53 Å². The number of thiol groups is 1. The monoisotopic (exact) mass is 336 g/mol. The molecule has 1 heterocycles. The van der Waals surface area contributed by atoms with E-state index < -0.39 is 0 Å². The molecule has 118 valence electrons. The first-order valence-corrected chi connectivity index (χ1v) is 10.1. The summed E-state index contributed by atoms with van der Waals surface area (Å²) < 4.78 is 4.88. The first-order chi connectivity index (χ1) is 9.47. The minimum Gasteiger partial charge on any atom is -0.465 e. The normalized spacial score (nSPS) is 17.5. The molecule has 0 aromatic heterocycles. The second-order valence-electron chi connectivity index (χ2n) is 5.32. The van der Waals surface area contributed by atoms with Crippen molar-refractivity contribution in [2.24, 2.45) is 5.92 Å². The van der Waals surface area contributed by atoms with Gasteiger partial charge in [0.05, 0.1) is 12.4 Å². The number of carbonyl (C=O) groups is 1. The molecule has 1 atom stereocenters. The number of hydrogen-bond donors (Lipinski definition) is 1. The van der Waals surface area contributed by atoms with Crippen LogP contribution >= 0.6 is 34.2 Å². The molecular weight excluding hydrogens is 308 g/mol. The Balaban J connectivity index is 0.000000428. The third-order valence-corrected chi connectivity index (χ3v) is 5.88. The molecule has 0 spiro atoms. The second kappa shape index (κ2) is 13.0. The van der Waals surface area contributed by atoms with E-state index in [-0.39, 0.29) is 11.7 Å². The standard InChI is InChI=1S/C10H20O2S.C5H8S2/c1-9(2)6-4-3-5-7-12-10(11)8-13;1-4-3-6-7-5(4)2/h9,13H,3-8H2,1-2H3;3,5H,1-2H3. The van der Waals surface area contributed by atoms with Crippen molar-refractivity contribution in [1.29, 1.82) is 0 Å². The lowest BCUT2D eigenvalue weighted by Gasteiger charge is -2.04. The fourth-order valence-electron chi connectivity index (χ4n) is 1.42. The molecule has 1 rings (SSSR count). The molecule has 1 aliphatic rings. The van der Waals surface area contributed by atoms with Crippen LogP contribution in [0.1, 0.15) is 53.4 Å². The van der Waals surface area contributed by atoms with Gasteiger partial charge < -0.3 is 4.74 Å². The average molecular weight is 337 g/mol. The Morgan fingerprint density at radius 3 is 2.50 bits per heavy atom. The van der Waals surface area contributed by atoms with Gasteiger partial charge >= 0.3 is 5.97 Å². The predicted molar refractivity (Wildman–Crippen MR) is 96.5 cm³/mol. The number of ether oxygens (including phenoxy) is 1. The molecular formula is C15H28O2S3. The summed E-state index contributed by atoms with van der Waals surface area (Å²) in [6.07, 6.45) is 4.63. The molecule has 0 saturated carbocycles. The van der Waals surface area contributed by atoms with E-state index in [0.717, 1.165) is 24.0 Å². The van der Waals surface area contributed by atoms with Crippen LogP contribution in [0, 0.1) is 5.92 Å². The van der Waals surface area contributed by atoms with Gasteiger partial charge in [0.1, 0.15) is 0 Å². The highest BCUT2D eigenvalue weighted by atomic mass is 33.1. The molecule has 2 nitrogen and oxygen atoms in total. The van der Waals surface area contributed by atoms with E-state index in [4.69, 9.17) is 4.74 Å². The predicted octanol–water partition coefficient (Wildman–Crippen LogP) is 5.35. The fraction of sp³-hybridized carbons (Fsp3) is 0.800. The zero-order valence-corrected chi connectivity index (χ0v) is 15.6. The van der Waals surface area contributed by atoms with Crippen LogP contribution in [0.4, 0.5) is 0 Å². The van der Waals surface area contributed by atoms with E-state index in [9.17, 15) is 4.79 Å². The van der Waals surface area contributed by atoms with Gasteiger partial charge in [0.15, 0.2) is 0 Å². The molecule has 0 aromatic carbocycles. The lowest BCUT2D eigenvalue weighted by Crippen LogP contribution is -2.06. The summed E-state index contributed by atoms with van der Waals surface area (Å²) in [5, 5.41) is 2.97. The van der Waals surface area contributed by atoms with Crippen molar-refractivity contribution in [1.82, 2.24) is 0 Å². The smallest absolute Gasteiger partial charge is 0.315 e. The van der Waals surface area contributed by atoms with Crippen molar-refractivity contribution in [2.75, 3.05) is 12.4 Å². The Kier molecular flexibility index (Phi) is 13.1. The average Bonchev–Trinajstić information content (AvgIpc) is 2.78. The summed E-state index contributed by atoms with van der Waals surface area (Å²) in [4.78, 5) is 10.7. The highest BCUT2D eigenvalue weighted by molar-refractivity contribution is 8.78. The van der Waals surface area contributed by atoms with Gasteiger partial charge in [0.25, 0.3) is 0 Å². The van der Waals surface area contributed by atoms with Crippen LogP contribution in [0.25, 0.3) is 0 Å². The molecule has 1 unspecified atom stereocenters. The van der Waals surface area contributed by atoms with Crippen molar-refractivity contribution in [3.05, 3.63) is 11.0 Å². The molecule has 0 fully saturated rings. The SMILES string of the molecule is CC(C)CCCCCOC(=O)CS.CC1=CSSC1C. The first-order valence-electron chi connectivity index (χ1n) is 7.22. The Bertz CT molecular complexity index is 291. The van der Waals surface area contributed by atoms with E-state index in [1.807, 2.05) is 21.6 Å². The molecule has 5 heteroatoms. The minimum absolute atomic E-state index is 0.187. The van der Waals surface area contributed by atoms with E-state index in [2.05, 4.69) is 45.7 Å². The molecule has 0 radical (unpaired) electrons. The number of rotatable bonds is 7. The maximum absolute atomic E-state index is 10.7. The van der Waals surface area contributed by atoms with E-state index >= 15 is 0 Å². The molecule has 0 amide bonds. The second-order valence-corrected chi connectivity index (χ2v) is 8.12. The van der Waals surface area contributed by atoms with Crippen molar-refractivity contribution in [2.45, 2.75) is 58.6 Å². The summed E-state index contributed by atoms with van der Waals surface area (Å²) in [6.45, 7) is 9.41. The Morgan fingerprint density at radius 2 is 2.10 bits per heavy atom. The summed E-state index contributed by atoms with van der Waals surface area (Å²) in [7, 11) is 3.77. The van der Waals surface area contributed by atoms with E-state index in [1.54, 1.807) is 0 Å².